The fraction of sp³-hybridized carbons (Fsp3) is 0.615. The van der Waals surface area contributed by atoms with Crippen LogP contribution < -0.4 is 5.32 Å². The summed E-state index contributed by atoms with van der Waals surface area (Å²) in [6.07, 6.45) is 5.98. The van der Waals surface area contributed by atoms with Gasteiger partial charge in [-0.3, -0.25) is 4.79 Å². The Bertz CT molecular complexity index is 1040. The van der Waals surface area contributed by atoms with Crippen LogP contribution in [-0.2, 0) is 14.3 Å². The summed E-state index contributed by atoms with van der Waals surface area (Å²) in [6, 6.07) is 5.86. The molecule has 1 N–H and O–H groups in total. The zero-order valence-electron chi connectivity index (χ0n) is 20.7. The average Bonchev–Trinajstić information content (AvgIpc) is 3.17. The topological polar surface area (TPSA) is 72.8 Å². The fourth-order valence-electron chi connectivity index (χ4n) is 5.22. The van der Waals surface area contributed by atoms with Crippen LogP contribution in [-0.4, -0.2) is 53.4 Å². The summed E-state index contributed by atoms with van der Waals surface area (Å²) >= 11 is 0. The van der Waals surface area contributed by atoms with Gasteiger partial charge in [0.2, 0.25) is 0 Å². The first-order chi connectivity index (χ1) is 16.1. The van der Waals surface area contributed by atoms with Crippen molar-refractivity contribution in [2.75, 3.05) is 31.6 Å². The van der Waals surface area contributed by atoms with Crippen molar-refractivity contribution in [3.05, 3.63) is 30.2 Å². The number of likely N-dealkylation sites (tertiary alicyclic amines) is 1. The molecule has 1 aromatic heterocycles. The zero-order chi connectivity index (χ0) is 24.5. The van der Waals surface area contributed by atoms with E-state index in [4.69, 9.17) is 9.47 Å². The lowest BCUT2D eigenvalue weighted by Gasteiger charge is -2.52. The summed E-state index contributed by atoms with van der Waals surface area (Å²) in [7, 11) is 0. The fourth-order valence-corrected chi connectivity index (χ4v) is 5.22. The number of piperidine rings is 1. The number of hydrogen-bond acceptors (Lipinski definition) is 5. The van der Waals surface area contributed by atoms with E-state index >= 15 is 4.39 Å². The summed E-state index contributed by atoms with van der Waals surface area (Å²) in [4.78, 5) is 25.7. The third-order valence-corrected chi connectivity index (χ3v) is 6.99. The molecule has 0 radical (unpaired) electrons. The number of anilines is 1. The Balaban J connectivity index is 1.34. The lowest BCUT2D eigenvalue weighted by Crippen LogP contribution is -2.50. The first-order valence-corrected chi connectivity index (χ1v) is 12.3. The zero-order valence-corrected chi connectivity index (χ0v) is 20.7. The van der Waals surface area contributed by atoms with Crippen LogP contribution in [0.4, 0.5) is 14.9 Å². The van der Waals surface area contributed by atoms with Crippen molar-refractivity contribution in [2.24, 2.45) is 5.41 Å². The number of ether oxygens (including phenoxy) is 2. The van der Waals surface area contributed by atoms with E-state index in [0.717, 1.165) is 44.3 Å². The third-order valence-electron chi connectivity index (χ3n) is 6.99. The van der Waals surface area contributed by atoms with E-state index in [1.54, 1.807) is 13.0 Å². The number of halogens is 1. The predicted octanol–water partition coefficient (Wildman–Crippen LogP) is 5.50. The minimum absolute atomic E-state index is 0.196. The van der Waals surface area contributed by atoms with Crippen molar-refractivity contribution in [1.29, 1.82) is 0 Å². The highest BCUT2D eigenvalue weighted by molar-refractivity contribution is 5.85. The molecule has 0 atom stereocenters. The lowest BCUT2D eigenvalue weighted by molar-refractivity contribution is -0.142. The van der Waals surface area contributed by atoms with Crippen molar-refractivity contribution >= 4 is 28.7 Å². The molecule has 2 aromatic rings. The molecular weight excluding hydrogens is 437 g/mol. The molecule has 2 aliphatic rings. The molecule has 7 nitrogen and oxygen atoms in total. The molecule has 2 fully saturated rings. The maximum Gasteiger partial charge on any atom is 0.410 e. The highest BCUT2D eigenvalue weighted by Crippen LogP contribution is 2.55. The van der Waals surface area contributed by atoms with Crippen LogP contribution in [0.5, 0.6) is 0 Å². The number of benzene rings is 1. The molecule has 186 valence electrons. The van der Waals surface area contributed by atoms with Gasteiger partial charge >= 0.3 is 12.1 Å². The Kier molecular flexibility index (Phi) is 6.78. The molecule has 1 amide bonds. The smallest absolute Gasteiger partial charge is 0.410 e. The van der Waals surface area contributed by atoms with Gasteiger partial charge in [-0.1, -0.05) is 0 Å². The highest BCUT2D eigenvalue weighted by atomic mass is 19.1. The van der Waals surface area contributed by atoms with Crippen molar-refractivity contribution in [1.82, 2.24) is 9.47 Å². The molecule has 1 spiro atoms. The van der Waals surface area contributed by atoms with E-state index in [0.29, 0.717) is 30.3 Å². The number of nitrogens with one attached hydrogen (secondary N) is 1. The second-order valence-electron chi connectivity index (χ2n) is 10.6. The van der Waals surface area contributed by atoms with Crippen LogP contribution >= 0.6 is 0 Å². The summed E-state index contributed by atoms with van der Waals surface area (Å²) in [5, 5.41) is 3.59. The van der Waals surface area contributed by atoms with Crippen molar-refractivity contribution in [3.63, 3.8) is 0 Å². The first-order valence-electron chi connectivity index (χ1n) is 12.3. The number of aromatic nitrogens is 1. The molecular formula is C26H36FN3O4. The number of nitrogens with zero attached hydrogens (tertiary/aromatic N) is 2. The maximum absolute atomic E-state index is 15.1. The summed E-state index contributed by atoms with van der Waals surface area (Å²) in [5.74, 6) is -0.585. The van der Waals surface area contributed by atoms with Crippen LogP contribution in [0, 0.1) is 11.2 Å². The van der Waals surface area contributed by atoms with Crippen molar-refractivity contribution in [2.45, 2.75) is 71.4 Å². The number of rotatable bonds is 6. The van der Waals surface area contributed by atoms with Crippen LogP contribution in [0.15, 0.2) is 24.4 Å². The Morgan fingerprint density at radius 2 is 1.88 bits per heavy atom. The molecule has 0 bridgehead atoms. The van der Waals surface area contributed by atoms with Gasteiger partial charge < -0.3 is 24.3 Å². The van der Waals surface area contributed by atoms with E-state index in [-0.39, 0.29) is 29.7 Å². The number of hydrogen-bond donors (Lipinski definition) is 1. The quantitative estimate of drug-likeness (QED) is 0.561. The van der Waals surface area contributed by atoms with Gasteiger partial charge in [-0.2, -0.15) is 0 Å². The molecule has 2 heterocycles. The minimum Gasteiger partial charge on any atom is -0.466 e. The average molecular weight is 474 g/mol. The second kappa shape index (κ2) is 9.47. The van der Waals surface area contributed by atoms with E-state index in [9.17, 15) is 9.59 Å². The molecule has 8 heteroatoms. The number of carbonyl (C=O) groups is 2. The Hall–Kier alpha value is -2.77. The van der Waals surface area contributed by atoms with E-state index in [1.807, 2.05) is 44.0 Å². The number of carbonyl (C=O) groups excluding carboxylic acids is 2. The van der Waals surface area contributed by atoms with Crippen molar-refractivity contribution in [3.8, 4) is 0 Å². The van der Waals surface area contributed by atoms with Crippen LogP contribution in [0.25, 0.3) is 10.9 Å². The number of amides is 1. The van der Waals surface area contributed by atoms with E-state index in [1.165, 1.54) is 0 Å². The number of fused-ring (bicyclic) bond motifs is 1. The lowest BCUT2D eigenvalue weighted by atomic mass is 9.60. The maximum atomic E-state index is 15.1. The van der Waals surface area contributed by atoms with Gasteiger partial charge in [0.05, 0.1) is 24.2 Å². The highest BCUT2D eigenvalue weighted by Gasteiger charge is 2.47. The molecule has 1 aliphatic heterocycles. The summed E-state index contributed by atoms with van der Waals surface area (Å²) in [6.45, 7) is 9.55. The van der Waals surface area contributed by atoms with Gasteiger partial charge in [0, 0.05) is 37.3 Å². The van der Waals surface area contributed by atoms with Crippen molar-refractivity contribution < 1.29 is 23.5 Å². The Morgan fingerprint density at radius 1 is 1.18 bits per heavy atom. The largest absolute Gasteiger partial charge is 0.466 e. The SMILES string of the molecule is CCOC(=O)CCNc1ccc2c(ccn2C2CC3(CCN(C(=O)OC(C)(C)C)CC3)C2)c1F. The normalized spacial score (nSPS) is 18.1. The van der Waals surface area contributed by atoms with E-state index < -0.39 is 5.60 Å². The number of esters is 1. The Morgan fingerprint density at radius 3 is 2.53 bits per heavy atom. The summed E-state index contributed by atoms with van der Waals surface area (Å²) < 4.78 is 27.7. The van der Waals surface area contributed by atoms with Gasteiger partial charge in [0.25, 0.3) is 0 Å². The molecule has 0 unspecified atom stereocenters. The molecule has 34 heavy (non-hydrogen) atoms. The minimum atomic E-state index is -0.477. The first kappa shape index (κ1) is 24.4. The van der Waals surface area contributed by atoms with E-state index in [2.05, 4.69) is 9.88 Å². The summed E-state index contributed by atoms with van der Waals surface area (Å²) in [5.41, 5.74) is 1.07. The third kappa shape index (κ3) is 5.15. The Labute approximate surface area is 200 Å². The molecule has 1 saturated carbocycles. The van der Waals surface area contributed by atoms with Crippen LogP contribution in [0.3, 0.4) is 0 Å². The standard InChI is InChI=1S/C26H36FN3O4/c1-5-33-22(31)8-12-28-20-6-7-21-19(23(20)27)9-13-30(21)18-16-26(17-18)10-14-29(15-11-26)24(32)34-25(2,3)4/h6-7,9,13,18,28H,5,8,10-12,14-17H2,1-4H3. The monoisotopic (exact) mass is 473 g/mol. The molecule has 1 aliphatic carbocycles. The predicted molar refractivity (Wildman–Crippen MR) is 129 cm³/mol. The van der Waals surface area contributed by atoms with Gasteiger partial charge in [0.15, 0.2) is 5.82 Å². The van der Waals surface area contributed by atoms with Gasteiger partial charge in [-0.25, -0.2) is 9.18 Å². The van der Waals surface area contributed by atoms with Gasteiger partial charge in [0.1, 0.15) is 5.60 Å². The van der Waals surface area contributed by atoms with Gasteiger partial charge in [-0.05, 0) is 77.0 Å². The molecule has 4 rings (SSSR count). The molecule has 1 saturated heterocycles. The van der Waals surface area contributed by atoms with Crippen LogP contribution in [0.2, 0.25) is 0 Å². The van der Waals surface area contributed by atoms with Gasteiger partial charge in [-0.15, -0.1) is 0 Å². The second-order valence-corrected chi connectivity index (χ2v) is 10.6. The van der Waals surface area contributed by atoms with Crippen LogP contribution in [0.1, 0.15) is 65.8 Å². The molecule has 1 aromatic carbocycles.